The Bertz CT molecular complexity index is 1450. The van der Waals surface area contributed by atoms with E-state index in [-0.39, 0.29) is 0 Å². The number of aromatic nitrogens is 4. The lowest BCUT2D eigenvalue weighted by molar-refractivity contribution is 0.0706. The molecule has 0 fully saturated rings. The number of benzene rings is 3. The molecule has 1 amide bonds. The van der Waals surface area contributed by atoms with Crippen LogP contribution >= 0.6 is 0 Å². The van der Waals surface area contributed by atoms with E-state index in [1.807, 2.05) is 54.6 Å². The first-order valence-electron chi connectivity index (χ1n) is 10.5. The molecular weight excluding hydrogens is 432 g/mol. The Kier molecular flexibility index (Phi) is 5.59. The standard InChI is InChI=1S/C25H20N6O3/c26-23-21-22(17-10-12-20(13-11-17)34-19-4-2-1-3-5-19)29-31(24(21)28-15-27-23)14-16-6-8-18(9-7-16)25(32)30-33/h1-13,15,33H,14H2,(H,30,32)(H2,26,27,28). The minimum atomic E-state index is -0.571. The lowest BCUT2D eigenvalue weighted by Gasteiger charge is -2.06. The number of anilines is 1. The van der Waals surface area contributed by atoms with Crippen molar-refractivity contribution in [3.8, 4) is 22.8 Å². The highest BCUT2D eigenvalue weighted by Gasteiger charge is 2.17. The molecule has 0 unspecified atom stereocenters. The average molecular weight is 452 g/mol. The zero-order chi connectivity index (χ0) is 23.5. The normalized spacial score (nSPS) is 10.9. The molecule has 4 N–H and O–H groups in total. The van der Waals surface area contributed by atoms with Crippen molar-refractivity contribution in [2.24, 2.45) is 0 Å². The van der Waals surface area contributed by atoms with Gasteiger partial charge in [-0.2, -0.15) is 5.10 Å². The van der Waals surface area contributed by atoms with Gasteiger partial charge in [-0.25, -0.2) is 20.1 Å². The fourth-order valence-electron chi connectivity index (χ4n) is 3.65. The number of carbonyl (C=O) groups is 1. The molecule has 34 heavy (non-hydrogen) atoms. The minimum Gasteiger partial charge on any atom is -0.457 e. The fraction of sp³-hybridized carbons (Fsp3) is 0.0400. The van der Waals surface area contributed by atoms with Gasteiger partial charge in [-0.3, -0.25) is 10.0 Å². The van der Waals surface area contributed by atoms with Crippen LogP contribution in [0.1, 0.15) is 15.9 Å². The zero-order valence-corrected chi connectivity index (χ0v) is 17.9. The van der Waals surface area contributed by atoms with E-state index in [4.69, 9.17) is 20.8 Å². The molecule has 0 aliphatic heterocycles. The van der Waals surface area contributed by atoms with Crippen LogP contribution in [0.5, 0.6) is 11.5 Å². The van der Waals surface area contributed by atoms with Gasteiger partial charge in [0.05, 0.1) is 11.9 Å². The highest BCUT2D eigenvalue weighted by Crippen LogP contribution is 2.32. The Hall–Kier alpha value is -4.76. The van der Waals surface area contributed by atoms with Crippen molar-refractivity contribution in [1.29, 1.82) is 0 Å². The number of nitrogen functional groups attached to an aromatic ring is 1. The van der Waals surface area contributed by atoms with Gasteiger partial charge in [0, 0.05) is 11.1 Å². The molecule has 0 bridgehead atoms. The summed E-state index contributed by atoms with van der Waals surface area (Å²) in [5.74, 6) is 1.23. The molecule has 3 aromatic carbocycles. The Morgan fingerprint density at radius 2 is 1.65 bits per heavy atom. The van der Waals surface area contributed by atoms with Crippen LogP contribution in [0.25, 0.3) is 22.3 Å². The van der Waals surface area contributed by atoms with E-state index in [0.717, 1.165) is 16.9 Å². The Labute approximate surface area is 194 Å². The number of nitrogens with zero attached hydrogens (tertiary/aromatic N) is 4. The maximum atomic E-state index is 11.6. The quantitative estimate of drug-likeness (QED) is 0.262. The largest absolute Gasteiger partial charge is 0.457 e. The Morgan fingerprint density at radius 1 is 0.941 bits per heavy atom. The molecule has 9 heteroatoms. The highest BCUT2D eigenvalue weighted by atomic mass is 16.5. The molecule has 0 saturated heterocycles. The molecule has 5 aromatic rings. The van der Waals surface area contributed by atoms with Crippen molar-refractivity contribution in [1.82, 2.24) is 25.2 Å². The number of nitrogens with two attached hydrogens (primary N) is 1. The van der Waals surface area contributed by atoms with Crippen molar-refractivity contribution in [3.63, 3.8) is 0 Å². The first kappa shape index (κ1) is 21.1. The molecule has 0 radical (unpaired) electrons. The first-order chi connectivity index (χ1) is 16.6. The lowest BCUT2D eigenvalue weighted by Crippen LogP contribution is -2.18. The van der Waals surface area contributed by atoms with Crippen LogP contribution in [0, 0.1) is 0 Å². The van der Waals surface area contributed by atoms with Crippen molar-refractivity contribution in [3.05, 3.63) is 96.3 Å². The van der Waals surface area contributed by atoms with Gasteiger partial charge >= 0.3 is 0 Å². The van der Waals surface area contributed by atoms with Crippen molar-refractivity contribution in [2.75, 3.05) is 5.73 Å². The summed E-state index contributed by atoms with van der Waals surface area (Å²) in [5.41, 5.74) is 11.2. The summed E-state index contributed by atoms with van der Waals surface area (Å²) in [6, 6.07) is 24.0. The summed E-state index contributed by atoms with van der Waals surface area (Å²) in [6.07, 6.45) is 1.41. The summed E-state index contributed by atoms with van der Waals surface area (Å²) in [6.45, 7) is 0.406. The molecule has 5 rings (SSSR count). The number of rotatable bonds is 6. The van der Waals surface area contributed by atoms with Crippen molar-refractivity contribution in [2.45, 2.75) is 6.54 Å². The SMILES string of the molecule is Nc1ncnc2c1c(-c1ccc(Oc3ccccc3)cc1)nn2Cc1ccc(C(=O)NO)cc1. The maximum absolute atomic E-state index is 11.6. The highest BCUT2D eigenvalue weighted by molar-refractivity contribution is 5.98. The third-order valence-corrected chi connectivity index (χ3v) is 5.32. The smallest absolute Gasteiger partial charge is 0.274 e. The number of fused-ring (bicyclic) bond motifs is 1. The predicted molar refractivity (Wildman–Crippen MR) is 126 cm³/mol. The molecule has 0 aliphatic rings. The van der Waals surface area contributed by atoms with Gasteiger partial charge in [0.2, 0.25) is 0 Å². The van der Waals surface area contributed by atoms with E-state index in [0.29, 0.717) is 40.4 Å². The third-order valence-electron chi connectivity index (χ3n) is 5.32. The summed E-state index contributed by atoms with van der Waals surface area (Å²) in [7, 11) is 0. The zero-order valence-electron chi connectivity index (χ0n) is 17.9. The second-order valence-corrected chi connectivity index (χ2v) is 7.54. The Balaban J connectivity index is 1.47. The molecule has 0 spiro atoms. The van der Waals surface area contributed by atoms with Gasteiger partial charge in [-0.15, -0.1) is 0 Å². The van der Waals surface area contributed by atoms with E-state index in [9.17, 15) is 4.79 Å². The van der Waals surface area contributed by atoms with Gasteiger partial charge in [0.1, 0.15) is 29.3 Å². The second-order valence-electron chi connectivity index (χ2n) is 7.54. The van der Waals surface area contributed by atoms with E-state index in [2.05, 4.69) is 9.97 Å². The van der Waals surface area contributed by atoms with Crippen LogP contribution in [-0.4, -0.2) is 30.9 Å². The first-order valence-corrected chi connectivity index (χ1v) is 10.5. The molecule has 9 nitrogen and oxygen atoms in total. The summed E-state index contributed by atoms with van der Waals surface area (Å²) in [5, 5.41) is 14.2. The van der Waals surface area contributed by atoms with E-state index in [1.54, 1.807) is 34.4 Å². The lowest BCUT2D eigenvalue weighted by atomic mass is 10.1. The molecule has 2 aromatic heterocycles. The monoisotopic (exact) mass is 452 g/mol. The number of carbonyl (C=O) groups excluding carboxylic acids is 1. The van der Waals surface area contributed by atoms with Crippen LogP contribution in [0.3, 0.4) is 0 Å². The summed E-state index contributed by atoms with van der Waals surface area (Å²) in [4.78, 5) is 20.1. The fourth-order valence-corrected chi connectivity index (χ4v) is 3.65. The maximum Gasteiger partial charge on any atom is 0.274 e. The molecule has 0 atom stereocenters. The van der Waals surface area contributed by atoms with E-state index < -0.39 is 5.91 Å². The van der Waals surface area contributed by atoms with Crippen LogP contribution in [0.4, 0.5) is 5.82 Å². The van der Waals surface area contributed by atoms with Gasteiger partial charge in [0.15, 0.2) is 5.65 Å². The van der Waals surface area contributed by atoms with Gasteiger partial charge in [-0.1, -0.05) is 30.3 Å². The summed E-state index contributed by atoms with van der Waals surface area (Å²) >= 11 is 0. The van der Waals surface area contributed by atoms with E-state index in [1.165, 1.54) is 6.33 Å². The number of hydrogen-bond acceptors (Lipinski definition) is 7. The van der Waals surface area contributed by atoms with E-state index >= 15 is 0 Å². The summed E-state index contributed by atoms with van der Waals surface area (Å²) < 4.78 is 7.63. The van der Waals surface area contributed by atoms with Crippen molar-refractivity contribution >= 4 is 22.8 Å². The molecule has 0 aliphatic carbocycles. The minimum absolute atomic E-state index is 0.339. The second kappa shape index (κ2) is 9.00. The Morgan fingerprint density at radius 3 is 2.35 bits per heavy atom. The van der Waals surface area contributed by atoms with Crippen molar-refractivity contribution < 1.29 is 14.7 Å². The van der Waals surface area contributed by atoms with Crippen LogP contribution in [0.2, 0.25) is 0 Å². The average Bonchev–Trinajstić information content (AvgIpc) is 3.24. The molecular formula is C25H20N6O3. The molecule has 2 heterocycles. The van der Waals surface area contributed by atoms with Crippen LogP contribution < -0.4 is 16.0 Å². The predicted octanol–water partition coefficient (Wildman–Crippen LogP) is 4.04. The topological polar surface area (TPSA) is 128 Å². The molecule has 0 saturated carbocycles. The number of hydroxylamine groups is 1. The number of para-hydroxylation sites is 1. The number of ether oxygens (including phenoxy) is 1. The number of amides is 1. The number of nitrogens with one attached hydrogen (secondary N) is 1. The van der Waals surface area contributed by atoms with Crippen LogP contribution in [-0.2, 0) is 6.54 Å². The van der Waals surface area contributed by atoms with Crippen LogP contribution in [0.15, 0.2) is 85.2 Å². The molecule has 168 valence electrons. The van der Waals surface area contributed by atoms with Gasteiger partial charge < -0.3 is 10.5 Å². The third kappa shape index (κ3) is 4.15. The van der Waals surface area contributed by atoms with Gasteiger partial charge in [0.25, 0.3) is 5.91 Å². The van der Waals surface area contributed by atoms with Gasteiger partial charge in [-0.05, 0) is 54.1 Å². The number of hydrogen-bond donors (Lipinski definition) is 3.